The molecule has 1 atom stereocenters. The lowest BCUT2D eigenvalue weighted by Gasteiger charge is -2.29. The van der Waals surface area contributed by atoms with Gasteiger partial charge in [0.25, 0.3) is 0 Å². The first-order valence-corrected chi connectivity index (χ1v) is 23.0. The van der Waals surface area contributed by atoms with Crippen molar-refractivity contribution in [2.45, 2.75) is 151 Å². The predicted molar refractivity (Wildman–Crippen MR) is 252 cm³/mol. The van der Waals surface area contributed by atoms with E-state index in [2.05, 4.69) is 20.3 Å². The standard InChI is InChI=1S/C48H65N5O14S/c1-44(2,3)63-38(55)33-20-16-30(17-21-33)28-36(39(56)64-45(4,5)6)52-68(60,61)53(43(59)67-48(13,14)15)29-31-18-26-35(27-19-31)62-37(54)32-22-24-34(25-23-32)49-40(50-41(57)65-46(7,8)9)51-42(58)66-47(10,11)12/h16-27,36,52H,28-29H2,1-15H3,(H2,49,50,51,57,58)/t36-/m0/s1. The van der Waals surface area contributed by atoms with Crippen LogP contribution in [0.25, 0.3) is 0 Å². The fourth-order valence-electron chi connectivity index (χ4n) is 5.38. The number of hydrogen-bond donors (Lipinski definition) is 3. The van der Waals surface area contributed by atoms with Gasteiger partial charge in [-0.15, -0.1) is 0 Å². The number of nitrogens with zero attached hydrogens (tertiary/aromatic N) is 2. The summed E-state index contributed by atoms with van der Waals surface area (Å²) in [5.74, 6) is -2.50. The van der Waals surface area contributed by atoms with Crippen LogP contribution in [-0.4, -0.2) is 88.9 Å². The van der Waals surface area contributed by atoms with E-state index < -0.39 is 87.0 Å². The third-order valence-electron chi connectivity index (χ3n) is 7.94. The third-order valence-corrected chi connectivity index (χ3v) is 9.38. The van der Waals surface area contributed by atoms with Gasteiger partial charge in [-0.3, -0.25) is 15.4 Å². The SMILES string of the molecule is CC(C)(C)OC(=O)NC(=Nc1ccc(C(=O)Oc2ccc(CN(C(=O)OC(C)(C)C)S(=O)(=O)N[C@@H](Cc3ccc(C(=O)OC(C)(C)C)cc3)C(=O)OC(C)(C)C)cc2)cc1)NC(=O)OC(C)(C)C. The minimum atomic E-state index is -4.87. The number of ether oxygens (including phenoxy) is 6. The Hall–Kier alpha value is -6.54. The topological polar surface area (TPSA) is 244 Å². The number of benzene rings is 3. The summed E-state index contributed by atoms with van der Waals surface area (Å²) in [7, 11) is -4.87. The van der Waals surface area contributed by atoms with Gasteiger partial charge in [-0.05, 0) is 170 Å². The van der Waals surface area contributed by atoms with E-state index in [0.29, 0.717) is 9.87 Å². The molecule has 0 aromatic heterocycles. The first-order chi connectivity index (χ1) is 31.0. The van der Waals surface area contributed by atoms with Gasteiger partial charge >= 0.3 is 46.4 Å². The molecule has 3 amide bonds. The number of nitrogens with one attached hydrogen (secondary N) is 3. The summed E-state index contributed by atoms with van der Waals surface area (Å²) in [6, 6.07) is 15.8. The summed E-state index contributed by atoms with van der Waals surface area (Å²) < 4.78 is 63.7. The molecule has 20 heteroatoms. The number of guanidine groups is 1. The Labute approximate surface area is 398 Å². The molecule has 0 unspecified atom stereocenters. The van der Waals surface area contributed by atoms with Crippen molar-refractivity contribution in [1.29, 1.82) is 0 Å². The molecule has 0 bridgehead atoms. The summed E-state index contributed by atoms with van der Waals surface area (Å²) in [6.07, 6.45) is -3.25. The molecule has 0 saturated carbocycles. The number of rotatable bonds is 12. The van der Waals surface area contributed by atoms with E-state index in [1.165, 1.54) is 60.7 Å². The van der Waals surface area contributed by atoms with E-state index in [9.17, 15) is 37.2 Å². The van der Waals surface area contributed by atoms with Crippen LogP contribution in [0, 0.1) is 0 Å². The number of aliphatic imine (C=N–C) groups is 1. The maximum atomic E-state index is 14.2. The minimum absolute atomic E-state index is 0.0683. The number of amides is 3. The minimum Gasteiger partial charge on any atom is -0.459 e. The van der Waals surface area contributed by atoms with Crippen molar-refractivity contribution in [2.75, 3.05) is 0 Å². The molecule has 19 nitrogen and oxygen atoms in total. The summed E-state index contributed by atoms with van der Waals surface area (Å²) in [5.41, 5.74) is -3.27. The maximum Gasteiger partial charge on any atom is 0.425 e. The van der Waals surface area contributed by atoms with Crippen LogP contribution in [0.15, 0.2) is 77.8 Å². The van der Waals surface area contributed by atoms with Crippen molar-refractivity contribution in [1.82, 2.24) is 19.7 Å². The molecule has 372 valence electrons. The van der Waals surface area contributed by atoms with Crippen molar-refractivity contribution in [3.63, 3.8) is 0 Å². The molecule has 0 heterocycles. The lowest BCUT2D eigenvalue weighted by molar-refractivity contribution is -0.157. The van der Waals surface area contributed by atoms with Gasteiger partial charge in [-0.1, -0.05) is 24.3 Å². The first-order valence-electron chi connectivity index (χ1n) is 21.5. The van der Waals surface area contributed by atoms with Crippen molar-refractivity contribution < 1.29 is 65.6 Å². The third kappa shape index (κ3) is 20.5. The zero-order chi connectivity index (χ0) is 51.6. The van der Waals surface area contributed by atoms with Gasteiger partial charge in [0.05, 0.1) is 23.4 Å². The van der Waals surface area contributed by atoms with Gasteiger partial charge in [0, 0.05) is 0 Å². The molecule has 3 N–H and O–H groups in total. The van der Waals surface area contributed by atoms with E-state index in [4.69, 9.17) is 28.4 Å². The Balaban J connectivity index is 1.85. The van der Waals surface area contributed by atoms with Crippen LogP contribution in [0.4, 0.5) is 20.1 Å². The smallest absolute Gasteiger partial charge is 0.425 e. The molecule has 3 rings (SSSR count). The summed E-state index contributed by atoms with van der Waals surface area (Å²) in [6.45, 7) is 24.1. The molecular weight excluding hydrogens is 903 g/mol. The Kier molecular flexibility index (Phi) is 18.1. The highest BCUT2D eigenvalue weighted by atomic mass is 32.2. The molecule has 0 aliphatic heterocycles. The van der Waals surface area contributed by atoms with Crippen molar-refractivity contribution in [2.24, 2.45) is 4.99 Å². The number of alkyl carbamates (subject to hydrolysis) is 2. The van der Waals surface area contributed by atoms with Crippen molar-refractivity contribution in [3.05, 3.63) is 95.1 Å². The lowest BCUT2D eigenvalue weighted by atomic mass is 10.0. The van der Waals surface area contributed by atoms with Crippen LogP contribution in [0.1, 0.15) is 136 Å². The highest BCUT2D eigenvalue weighted by Gasteiger charge is 2.37. The largest absolute Gasteiger partial charge is 0.459 e. The Morgan fingerprint density at radius 1 is 0.544 bits per heavy atom. The molecule has 0 spiro atoms. The highest BCUT2D eigenvalue weighted by molar-refractivity contribution is 7.87. The van der Waals surface area contributed by atoms with Crippen molar-refractivity contribution >= 4 is 58.0 Å². The van der Waals surface area contributed by atoms with Crippen molar-refractivity contribution in [3.8, 4) is 5.75 Å². The van der Waals surface area contributed by atoms with Crippen LogP contribution in [0.2, 0.25) is 0 Å². The normalized spacial score (nSPS) is 12.6. The average molecular weight is 968 g/mol. The fraction of sp³-hybridized carbons (Fsp3) is 0.479. The fourth-order valence-corrected chi connectivity index (χ4v) is 6.60. The van der Waals surface area contributed by atoms with E-state index in [-0.39, 0.29) is 40.5 Å². The number of carbonyl (C=O) groups is 6. The van der Waals surface area contributed by atoms with E-state index >= 15 is 0 Å². The predicted octanol–water partition coefficient (Wildman–Crippen LogP) is 8.42. The summed E-state index contributed by atoms with van der Waals surface area (Å²) >= 11 is 0. The van der Waals surface area contributed by atoms with Gasteiger partial charge in [0.2, 0.25) is 5.96 Å². The quantitative estimate of drug-likeness (QED) is 0.0507. The molecule has 68 heavy (non-hydrogen) atoms. The molecule has 0 radical (unpaired) electrons. The Morgan fingerprint density at radius 3 is 1.43 bits per heavy atom. The van der Waals surface area contributed by atoms with Gasteiger partial charge < -0.3 is 28.4 Å². The molecule has 0 fully saturated rings. The van der Waals surface area contributed by atoms with Crippen LogP contribution in [0.3, 0.4) is 0 Å². The first kappa shape index (κ1) is 55.8. The van der Waals surface area contributed by atoms with Gasteiger partial charge in [-0.2, -0.15) is 17.4 Å². The number of esters is 3. The zero-order valence-electron chi connectivity index (χ0n) is 41.4. The second kappa shape index (κ2) is 22.0. The van der Waals surface area contributed by atoms with E-state index in [1.807, 2.05) is 0 Å². The van der Waals surface area contributed by atoms with Crippen LogP contribution < -0.4 is 20.1 Å². The number of carbonyl (C=O) groups excluding carboxylic acids is 6. The van der Waals surface area contributed by atoms with E-state index in [0.717, 1.165) is 0 Å². The summed E-state index contributed by atoms with van der Waals surface area (Å²) in [5, 5.41) is 4.75. The molecule has 0 aliphatic carbocycles. The molecule has 0 saturated heterocycles. The van der Waals surface area contributed by atoms with Crippen LogP contribution >= 0.6 is 0 Å². The molecule has 0 aliphatic rings. The Morgan fingerprint density at radius 2 is 0.971 bits per heavy atom. The maximum absolute atomic E-state index is 14.2. The Bertz CT molecular complexity index is 2390. The van der Waals surface area contributed by atoms with Crippen LogP contribution in [0.5, 0.6) is 5.75 Å². The molecular formula is C48H65N5O14S. The van der Waals surface area contributed by atoms with Gasteiger partial charge in [0.1, 0.15) is 39.8 Å². The van der Waals surface area contributed by atoms with Crippen LogP contribution in [-0.2, 0) is 51.7 Å². The zero-order valence-corrected chi connectivity index (χ0v) is 42.3. The monoisotopic (exact) mass is 967 g/mol. The number of hydrogen-bond acceptors (Lipinski definition) is 15. The second-order valence-corrected chi connectivity index (χ2v) is 22.0. The lowest BCUT2D eigenvalue weighted by Crippen LogP contribution is -2.52. The van der Waals surface area contributed by atoms with Gasteiger partial charge in [0.15, 0.2) is 0 Å². The van der Waals surface area contributed by atoms with Gasteiger partial charge in [-0.25, -0.2) is 29.0 Å². The summed E-state index contributed by atoms with van der Waals surface area (Å²) in [4.78, 5) is 82.2. The second-order valence-electron chi connectivity index (χ2n) is 20.4. The van der Waals surface area contributed by atoms with E-state index in [1.54, 1.807) is 116 Å². The molecule has 3 aromatic carbocycles. The molecule has 3 aromatic rings. The highest BCUT2D eigenvalue weighted by Crippen LogP contribution is 2.22. The average Bonchev–Trinajstić information content (AvgIpc) is 3.14.